The second-order valence-electron chi connectivity index (χ2n) is 7.55. The van der Waals surface area contributed by atoms with E-state index in [0.717, 1.165) is 37.0 Å². The van der Waals surface area contributed by atoms with Gasteiger partial charge in [0.15, 0.2) is 0 Å². The van der Waals surface area contributed by atoms with Crippen LogP contribution in [0.15, 0.2) is 0 Å². The highest BCUT2D eigenvalue weighted by Gasteiger charge is 2.58. The van der Waals surface area contributed by atoms with E-state index < -0.39 is 23.7 Å². The number of halogens is 3. The summed E-state index contributed by atoms with van der Waals surface area (Å²) >= 11 is 0. The molecule has 0 aromatic carbocycles. The monoisotopic (exact) mass is 364 g/mol. The zero-order valence-corrected chi connectivity index (χ0v) is 15.0. The van der Waals surface area contributed by atoms with Crippen LogP contribution in [0.4, 0.5) is 13.2 Å². The number of nitrogens with zero attached hydrogens (tertiary/aromatic N) is 2. The van der Waals surface area contributed by atoms with Crippen molar-refractivity contribution in [3.05, 3.63) is 0 Å². The first-order valence-corrected chi connectivity index (χ1v) is 8.87. The molecule has 0 spiro atoms. The van der Waals surface area contributed by atoms with Crippen molar-refractivity contribution >= 4 is 11.8 Å². The van der Waals surface area contributed by atoms with Gasteiger partial charge in [0, 0.05) is 31.1 Å². The minimum Gasteiger partial charge on any atom is -0.373 e. The highest BCUT2D eigenvalue weighted by molar-refractivity contribution is 5.86. The Morgan fingerprint density at radius 2 is 1.44 bits per heavy atom. The number of rotatable bonds is 2. The molecule has 1 saturated carbocycles. The molecule has 144 valence electrons. The highest BCUT2D eigenvalue weighted by Crippen LogP contribution is 2.34. The number of hydrogen-bond donors (Lipinski definition) is 1. The van der Waals surface area contributed by atoms with Crippen molar-refractivity contribution in [3.63, 3.8) is 0 Å². The number of piperazine rings is 1. The lowest BCUT2D eigenvalue weighted by Gasteiger charge is -2.47. The molecule has 1 aliphatic carbocycles. The Labute approximate surface area is 146 Å². The van der Waals surface area contributed by atoms with Crippen molar-refractivity contribution < 1.29 is 27.9 Å². The number of amides is 2. The van der Waals surface area contributed by atoms with Gasteiger partial charge < -0.3 is 14.9 Å². The van der Waals surface area contributed by atoms with Crippen molar-refractivity contribution in [1.82, 2.24) is 9.80 Å². The lowest BCUT2D eigenvalue weighted by Crippen LogP contribution is -2.65. The molecule has 2 amide bonds. The van der Waals surface area contributed by atoms with E-state index in [1.807, 2.05) is 0 Å². The van der Waals surface area contributed by atoms with E-state index in [-0.39, 0.29) is 31.0 Å². The molecular formula is C17H27F3N2O3. The van der Waals surface area contributed by atoms with E-state index in [0.29, 0.717) is 6.92 Å². The summed E-state index contributed by atoms with van der Waals surface area (Å²) in [7, 11) is 0. The summed E-state index contributed by atoms with van der Waals surface area (Å²) in [4.78, 5) is 27.7. The van der Waals surface area contributed by atoms with Crippen LogP contribution in [0.1, 0.15) is 52.9 Å². The summed E-state index contributed by atoms with van der Waals surface area (Å²) in [5.41, 5.74) is -3.42. The normalized spacial score (nSPS) is 28.6. The molecule has 1 N–H and O–H groups in total. The van der Waals surface area contributed by atoms with Crippen molar-refractivity contribution in [2.45, 2.75) is 76.7 Å². The predicted molar refractivity (Wildman–Crippen MR) is 85.6 cm³/mol. The third-order valence-electron chi connectivity index (χ3n) is 5.45. The first kappa shape index (κ1) is 20.0. The van der Waals surface area contributed by atoms with E-state index >= 15 is 0 Å². The third-order valence-corrected chi connectivity index (χ3v) is 5.45. The van der Waals surface area contributed by atoms with Crippen LogP contribution in [-0.2, 0) is 9.59 Å². The zero-order valence-electron chi connectivity index (χ0n) is 15.0. The maximum absolute atomic E-state index is 12.9. The van der Waals surface area contributed by atoms with Crippen molar-refractivity contribution in [3.8, 4) is 0 Å². The standard InChI is InChI=1S/C17H27F3N2O3/c1-11-10-22(15(24)16(3,25)17(18,19)20)12(2)9-21(11)14(23)13-7-5-4-6-8-13/h11-13,25H,4-10H2,1-3H3/t11-,12+,16-/m1/s1. The van der Waals surface area contributed by atoms with Gasteiger partial charge in [0.2, 0.25) is 11.5 Å². The number of alkyl halides is 3. The second-order valence-corrected chi connectivity index (χ2v) is 7.55. The van der Waals surface area contributed by atoms with Crippen molar-refractivity contribution in [2.75, 3.05) is 13.1 Å². The lowest BCUT2D eigenvalue weighted by atomic mass is 9.87. The molecule has 2 aliphatic rings. The van der Waals surface area contributed by atoms with Crippen LogP contribution in [0, 0.1) is 5.92 Å². The largest absolute Gasteiger partial charge is 0.426 e. The first-order valence-electron chi connectivity index (χ1n) is 8.87. The fourth-order valence-corrected chi connectivity index (χ4v) is 3.70. The van der Waals surface area contributed by atoms with E-state index in [1.54, 1.807) is 18.7 Å². The molecule has 1 heterocycles. The molecule has 5 nitrogen and oxygen atoms in total. The Kier molecular flexibility index (Phi) is 5.71. The van der Waals surface area contributed by atoms with Crippen molar-refractivity contribution in [1.29, 1.82) is 0 Å². The third kappa shape index (κ3) is 3.93. The maximum atomic E-state index is 12.9. The quantitative estimate of drug-likeness (QED) is 0.818. The van der Waals surface area contributed by atoms with E-state index in [1.165, 1.54) is 0 Å². The van der Waals surface area contributed by atoms with Crippen LogP contribution in [-0.4, -0.2) is 63.7 Å². The van der Waals surface area contributed by atoms with Gasteiger partial charge in [-0.3, -0.25) is 9.59 Å². The molecule has 8 heteroatoms. The van der Waals surface area contributed by atoms with Crippen LogP contribution in [0.2, 0.25) is 0 Å². The van der Waals surface area contributed by atoms with Gasteiger partial charge in [0.05, 0.1) is 0 Å². The van der Waals surface area contributed by atoms with Crippen LogP contribution >= 0.6 is 0 Å². The van der Waals surface area contributed by atoms with Crippen LogP contribution in [0.5, 0.6) is 0 Å². The lowest BCUT2D eigenvalue weighted by molar-refractivity contribution is -0.252. The van der Waals surface area contributed by atoms with Gasteiger partial charge in [0.25, 0.3) is 5.91 Å². The van der Waals surface area contributed by atoms with Crippen LogP contribution < -0.4 is 0 Å². The Hall–Kier alpha value is -1.31. The highest BCUT2D eigenvalue weighted by atomic mass is 19.4. The summed E-state index contributed by atoms with van der Waals surface area (Å²) in [6.07, 6.45) is -0.170. The summed E-state index contributed by atoms with van der Waals surface area (Å²) in [6, 6.07) is -0.955. The maximum Gasteiger partial charge on any atom is 0.426 e. The molecule has 0 aromatic rings. The number of carbonyl (C=O) groups excluding carboxylic acids is 2. The van der Waals surface area contributed by atoms with Crippen LogP contribution in [0.3, 0.4) is 0 Å². The Morgan fingerprint density at radius 1 is 0.960 bits per heavy atom. The van der Waals surface area contributed by atoms with Gasteiger partial charge in [-0.25, -0.2) is 0 Å². The van der Waals surface area contributed by atoms with E-state index in [9.17, 15) is 27.9 Å². The molecule has 1 aliphatic heterocycles. The Bertz CT molecular complexity index is 516. The molecular weight excluding hydrogens is 337 g/mol. The number of carbonyl (C=O) groups is 2. The fraction of sp³-hybridized carbons (Fsp3) is 0.882. The Balaban J connectivity index is 2.09. The Morgan fingerprint density at radius 3 is 1.96 bits per heavy atom. The second kappa shape index (κ2) is 7.13. The predicted octanol–water partition coefficient (Wildman–Crippen LogP) is 2.33. The summed E-state index contributed by atoms with van der Waals surface area (Å²) in [5, 5.41) is 9.66. The number of aliphatic hydroxyl groups is 1. The van der Waals surface area contributed by atoms with Gasteiger partial charge in [-0.15, -0.1) is 0 Å². The SMILES string of the molecule is C[C@@H]1CN(C(=O)[C@@](C)(O)C(F)(F)F)[C@@H](C)CN1C(=O)C1CCCCC1. The topological polar surface area (TPSA) is 60.9 Å². The minimum absolute atomic E-state index is 0.00924. The zero-order chi connectivity index (χ0) is 19.0. The van der Waals surface area contributed by atoms with Gasteiger partial charge in [-0.05, 0) is 33.6 Å². The average molecular weight is 364 g/mol. The molecule has 0 radical (unpaired) electrons. The van der Waals surface area contributed by atoms with Gasteiger partial charge in [0.1, 0.15) is 0 Å². The smallest absolute Gasteiger partial charge is 0.373 e. The van der Waals surface area contributed by atoms with Crippen molar-refractivity contribution in [2.24, 2.45) is 5.92 Å². The van der Waals surface area contributed by atoms with Crippen LogP contribution in [0.25, 0.3) is 0 Å². The van der Waals surface area contributed by atoms with Gasteiger partial charge in [-0.2, -0.15) is 13.2 Å². The summed E-state index contributed by atoms with van der Waals surface area (Å²) in [5.74, 6) is -1.35. The molecule has 1 saturated heterocycles. The summed E-state index contributed by atoms with van der Waals surface area (Å²) < 4.78 is 38.8. The molecule has 0 unspecified atom stereocenters. The van der Waals surface area contributed by atoms with Gasteiger partial charge in [-0.1, -0.05) is 19.3 Å². The fourth-order valence-electron chi connectivity index (χ4n) is 3.70. The molecule has 25 heavy (non-hydrogen) atoms. The molecule has 3 atom stereocenters. The minimum atomic E-state index is -5.04. The van der Waals surface area contributed by atoms with E-state index in [2.05, 4.69) is 0 Å². The summed E-state index contributed by atoms with van der Waals surface area (Å²) in [6.45, 7) is 4.00. The molecule has 0 aromatic heterocycles. The molecule has 0 bridgehead atoms. The average Bonchev–Trinajstić information content (AvgIpc) is 2.55. The molecule has 2 fully saturated rings. The molecule has 2 rings (SSSR count). The number of hydrogen-bond acceptors (Lipinski definition) is 3. The van der Waals surface area contributed by atoms with E-state index in [4.69, 9.17) is 0 Å². The van der Waals surface area contributed by atoms with Gasteiger partial charge >= 0.3 is 6.18 Å². The first-order chi connectivity index (χ1) is 11.5.